The maximum atomic E-state index is 11.5. The number of ether oxygens (including phenoxy) is 1. The van der Waals surface area contributed by atoms with Gasteiger partial charge in [-0.3, -0.25) is 9.59 Å². The number of amides is 1. The number of aromatic nitrogens is 2. The molecular weight excluding hydrogens is 288 g/mol. The van der Waals surface area contributed by atoms with E-state index in [0.29, 0.717) is 35.5 Å². The number of hydrogen-bond acceptors (Lipinski definition) is 8. The second-order valence-electron chi connectivity index (χ2n) is 3.45. The zero-order valence-electron chi connectivity index (χ0n) is 10.5. The number of nitrogens with one attached hydrogen (secondary N) is 1. The lowest BCUT2D eigenvalue weighted by Crippen LogP contribution is -2.26. The fourth-order valence-electron chi connectivity index (χ4n) is 1.15. The van der Waals surface area contributed by atoms with Gasteiger partial charge < -0.3 is 15.8 Å². The maximum Gasteiger partial charge on any atom is 0.305 e. The summed E-state index contributed by atoms with van der Waals surface area (Å²) >= 11 is 2.53. The predicted molar refractivity (Wildman–Crippen MR) is 73.9 cm³/mol. The van der Waals surface area contributed by atoms with E-state index in [0.717, 1.165) is 0 Å². The number of anilines is 1. The molecule has 0 bridgehead atoms. The van der Waals surface area contributed by atoms with Gasteiger partial charge in [0.05, 0.1) is 12.4 Å². The van der Waals surface area contributed by atoms with Crippen LogP contribution in [-0.4, -0.2) is 41.0 Å². The lowest BCUT2D eigenvalue weighted by Gasteiger charge is -2.04. The van der Waals surface area contributed by atoms with E-state index in [-0.39, 0.29) is 17.6 Å². The Morgan fingerprint density at radius 1 is 1.47 bits per heavy atom. The molecule has 1 aromatic rings. The molecular formula is C10H16N4O3S2. The number of hydrogen-bond donors (Lipinski definition) is 2. The van der Waals surface area contributed by atoms with E-state index in [1.54, 1.807) is 6.92 Å². The number of carbonyl (C=O) groups excluding carboxylic acids is 2. The Kier molecular flexibility index (Phi) is 7.19. The van der Waals surface area contributed by atoms with E-state index >= 15 is 0 Å². The summed E-state index contributed by atoms with van der Waals surface area (Å²) in [5, 5.41) is 10.5. The molecule has 0 saturated heterocycles. The molecule has 0 aliphatic carbocycles. The highest BCUT2D eigenvalue weighted by molar-refractivity contribution is 8.01. The molecule has 7 nitrogen and oxygen atoms in total. The van der Waals surface area contributed by atoms with Crippen molar-refractivity contribution < 1.29 is 14.3 Å². The molecule has 0 unspecified atom stereocenters. The minimum absolute atomic E-state index is 0.109. The van der Waals surface area contributed by atoms with Crippen molar-refractivity contribution in [3.63, 3.8) is 0 Å². The fourth-order valence-corrected chi connectivity index (χ4v) is 2.62. The van der Waals surface area contributed by atoms with Crippen LogP contribution in [0.1, 0.15) is 19.8 Å². The highest BCUT2D eigenvalue weighted by Gasteiger charge is 2.07. The third kappa shape index (κ3) is 6.97. The molecule has 9 heteroatoms. The SMILES string of the molecule is CCOC(=O)CCCNC(=O)CSc1nnc(N)s1. The lowest BCUT2D eigenvalue weighted by molar-refractivity contribution is -0.143. The molecule has 3 N–H and O–H groups in total. The molecule has 0 spiro atoms. The van der Waals surface area contributed by atoms with Crippen LogP contribution < -0.4 is 11.1 Å². The van der Waals surface area contributed by atoms with E-state index in [1.165, 1.54) is 23.1 Å². The molecule has 1 amide bonds. The number of rotatable bonds is 8. The van der Waals surface area contributed by atoms with Gasteiger partial charge in [0.1, 0.15) is 0 Å². The molecule has 1 heterocycles. The van der Waals surface area contributed by atoms with Crippen molar-refractivity contribution in [2.75, 3.05) is 24.6 Å². The molecule has 1 aromatic heterocycles. The first kappa shape index (κ1) is 15.7. The Labute approximate surface area is 119 Å². The Morgan fingerprint density at radius 2 is 2.26 bits per heavy atom. The van der Waals surface area contributed by atoms with Gasteiger partial charge in [-0.2, -0.15) is 0 Å². The number of nitrogens with zero attached hydrogens (tertiary/aromatic N) is 2. The second kappa shape index (κ2) is 8.70. The first-order valence-electron chi connectivity index (χ1n) is 5.76. The van der Waals surface area contributed by atoms with Crippen LogP contribution in [0.4, 0.5) is 5.13 Å². The molecule has 0 radical (unpaired) electrons. The minimum Gasteiger partial charge on any atom is -0.466 e. The Hall–Kier alpha value is -1.35. The Bertz CT molecular complexity index is 425. The van der Waals surface area contributed by atoms with Gasteiger partial charge in [-0.15, -0.1) is 10.2 Å². The summed E-state index contributed by atoms with van der Waals surface area (Å²) in [5.41, 5.74) is 5.42. The third-order valence-corrected chi connectivity index (χ3v) is 3.82. The molecule has 0 aromatic carbocycles. The Morgan fingerprint density at radius 3 is 2.89 bits per heavy atom. The smallest absolute Gasteiger partial charge is 0.305 e. The maximum absolute atomic E-state index is 11.5. The summed E-state index contributed by atoms with van der Waals surface area (Å²) in [7, 11) is 0. The van der Waals surface area contributed by atoms with Crippen molar-refractivity contribution in [3.05, 3.63) is 0 Å². The molecule has 0 atom stereocenters. The normalized spacial score (nSPS) is 10.2. The van der Waals surface area contributed by atoms with Crippen LogP contribution in [0.3, 0.4) is 0 Å². The monoisotopic (exact) mass is 304 g/mol. The van der Waals surface area contributed by atoms with Crippen LogP contribution in [-0.2, 0) is 14.3 Å². The highest BCUT2D eigenvalue weighted by Crippen LogP contribution is 2.22. The van der Waals surface area contributed by atoms with Crippen LogP contribution in [0.2, 0.25) is 0 Å². The van der Waals surface area contributed by atoms with Crippen LogP contribution in [0, 0.1) is 0 Å². The van der Waals surface area contributed by atoms with E-state index < -0.39 is 0 Å². The van der Waals surface area contributed by atoms with Crippen molar-refractivity contribution in [1.29, 1.82) is 0 Å². The number of esters is 1. The van der Waals surface area contributed by atoms with Gasteiger partial charge in [0, 0.05) is 13.0 Å². The van der Waals surface area contributed by atoms with Crippen LogP contribution in [0.25, 0.3) is 0 Å². The minimum atomic E-state index is -0.240. The van der Waals surface area contributed by atoms with Gasteiger partial charge in [0.2, 0.25) is 11.0 Å². The molecule has 19 heavy (non-hydrogen) atoms. The first-order chi connectivity index (χ1) is 9.11. The van der Waals surface area contributed by atoms with Gasteiger partial charge in [-0.25, -0.2) is 0 Å². The van der Waals surface area contributed by atoms with Crippen LogP contribution in [0.5, 0.6) is 0 Å². The summed E-state index contributed by atoms with van der Waals surface area (Å²) in [5.74, 6) is -0.0910. The quantitative estimate of drug-likeness (QED) is 0.413. The van der Waals surface area contributed by atoms with Crippen LogP contribution in [0.15, 0.2) is 4.34 Å². The van der Waals surface area contributed by atoms with Gasteiger partial charge >= 0.3 is 5.97 Å². The number of thioether (sulfide) groups is 1. The van der Waals surface area contributed by atoms with Gasteiger partial charge in [0.15, 0.2) is 4.34 Å². The number of nitrogens with two attached hydrogens (primary N) is 1. The van der Waals surface area contributed by atoms with E-state index in [2.05, 4.69) is 15.5 Å². The van der Waals surface area contributed by atoms with Gasteiger partial charge in [-0.1, -0.05) is 23.1 Å². The Balaban J connectivity index is 2.06. The molecule has 0 saturated carbocycles. The van der Waals surface area contributed by atoms with Crippen LogP contribution >= 0.6 is 23.1 Å². The molecule has 0 aliphatic rings. The number of carbonyl (C=O) groups is 2. The fraction of sp³-hybridized carbons (Fsp3) is 0.600. The van der Waals surface area contributed by atoms with E-state index in [9.17, 15) is 9.59 Å². The molecule has 106 valence electrons. The van der Waals surface area contributed by atoms with E-state index in [4.69, 9.17) is 10.5 Å². The summed E-state index contributed by atoms with van der Waals surface area (Å²) in [6.45, 7) is 2.60. The summed E-state index contributed by atoms with van der Waals surface area (Å²) < 4.78 is 5.44. The van der Waals surface area contributed by atoms with Gasteiger partial charge in [-0.05, 0) is 13.3 Å². The first-order valence-corrected chi connectivity index (χ1v) is 7.56. The van der Waals surface area contributed by atoms with E-state index in [1.807, 2.05) is 0 Å². The summed E-state index contributed by atoms with van der Waals surface area (Å²) in [6, 6.07) is 0. The van der Waals surface area contributed by atoms with Crippen molar-refractivity contribution in [3.8, 4) is 0 Å². The molecule has 0 aliphatic heterocycles. The van der Waals surface area contributed by atoms with Gasteiger partial charge in [0.25, 0.3) is 0 Å². The standard InChI is InChI=1S/C10H16N4O3S2/c1-2-17-8(16)4-3-5-12-7(15)6-18-10-14-13-9(11)19-10/h2-6H2,1H3,(H2,11,13)(H,12,15). The average molecular weight is 304 g/mol. The highest BCUT2D eigenvalue weighted by atomic mass is 32.2. The average Bonchev–Trinajstić information content (AvgIpc) is 2.78. The largest absolute Gasteiger partial charge is 0.466 e. The van der Waals surface area contributed by atoms with Crippen molar-refractivity contribution in [2.45, 2.75) is 24.1 Å². The summed E-state index contributed by atoms with van der Waals surface area (Å²) in [4.78, 5) is 22.5. The third-order valence-electron chi connectivity index (χ3n) is 1.93. The predicted octanol–water partition coefficient (Wildman–Crippen LogP) is 0.672. The number of nitrogen functional groups attached to an aromatic ring is 1. The summed E-state index contributed by atoms with van der Waals surface area (Å²) in [6.07, 6.45) is 0.884. The zero-order valence-corrected chi connectivity index (χ0v) is 12.2. The molecule has 1 rings (SSSR count). The lowest BCUT2D eigenvalue weighted by atomic mass is 10.3. The molecule has 0 fully saturated rings. The van der Waals surface area contributed by atoms with Crippen molar-refractivity contribution in [1.82, 2.24) is 15.5 Å². The van der Waals surface area contributed by atoms with Crippen molar-refractivity contribution >= 4 is 40.1 Å². The second-order valence-corrected chi connectivity index (χ2v) is 5.68. The zero-order chi connectivity index (χ0) is 14.1. The van der Waals surface area contributed by atoms with Crippen molar-refractivity contribution in [2.24, 2.45) is 0 Å². The topological polar surface area (TPSA) is 107 Å².